The van der Waals surface area contributed by atoms with Crippen LogP contribution in [-0.2, 0) is 5.41 Å². The molecule has 1 rings (SSSR count). The van der Waals surface area contributed by atoms with E-state index >= 15 is 0 Å². The van der Waals surface area contributed by atoms with Crippen LogP contribution in [0.3, 0.4) is 0 Å². The van der Waals surface area contributed by atoms with E-state index < -0.39 is 0 Å². The van der Waals surface area contributed by atoms with Gasteiger partial charge in [-0.05, 0) is 53.7 Å². The number of aromatic hydroxyl groups is 1. The molecule has 0 fully saturated rings. The van der Waals surface area contributed by atoms with Gasteiger partial charge < -0.3 is 5.11 Å². The van der Waals surface area contributed by atoms with Crippen molar-refractivity contribution in [3.63, 3.8) is 0 Å². The first kappa shape index (κ1) is 16.1. The fourth-order valence-electron chi connectivity index (χ4n) is 2.92. The lowest BCUT2D eigenvalue weighted by atomic mass is 9.73. The largest absolute Gasteiger partial charge is 0.508 e. The van der Waals surface area contributed by atoms with Gasteiger partial charge in [0.05, 0.1) is 0 Å². The molecule has 0 aliphatic heterocycles. The highest BCUT2D eigenvalue weighted by Crippen LogP contribution is 2.37. The van der Waals surface area contributed by atoms with Crippen LogP contribution < -0.4 is 0 Å². The van der Waals surface area contributed by atoms with Crippen molar-refractivity contribution in [3.8, 4) is 5.75 Å². The van der Waals surface area contributed by atoms with Gasteiger partial charge in [-0.2, -0.15) is 0 Å². The Morgan fingerprint density at radius 2 is 1.47 bits per heavy atom. The lowest BCUT2D eigenvalue weighted by molar-refractivity contribution is 0.237. The van der Waals surface area contributed by atoms with Gasteiger partial charge in [0.25, 0.3) is 0 Å². The molecule has 0 heterocycles. The summed E-state index contributed by atoms with van der Waals surface area (Å²) in [5.74, 6) is 1.10. The monoisotopic (exact) mass is 262 g/mol. The fourth-order valence-corrected chi connectivity index (χ4v) is 2.92. The molecule has 0 aliphatic carbocycles. The summed E-state index contributed by atoms with van der Waals surface area (Å²) >= 11 is 0. The highest BCUT2D eigenvalue weighted by Gasteiger charge is 2.26. The summed E-state index contributed by atoms with van der Waals surface area (Å²) < 4.78 is 0. The van der Waals surface area contributed by atoms with Gasteiger partial charge in [-0.25, -0.2) is 0 Å². The molecular weight excluding hydrogens is 232 g/mol. The lowest BCUT2D eigenvalue weighted by Gasteiger charge is -2.32. The predicted octanol–water partition coefficient (Wildman–Crippen LogP) is 5.52. The average Bonchev–Trinajstić information content (AvgIpc) is 2.26. The van der Waals surface area contributed by atoms with Crippen molar-refractivity contribution in [2.45, 2.75) is 66.2 Å². The van der Waals surface area contributed by atoms with Crippen LogP contribution in [0, 0.1) is 11.3 Å². The molecule has 0 unspecified atom stereocenters. The summed E-state index contributed by atoms with van der Waals surface area (Å²) in [5.41, 5.74) is 1.88. The minimum atomic E-state index is 0.169. The average molecular weight is 262 g/mol. The quantitative estimate of drug-likeness (QED) is 0.715. The van der Waals surface area contributed by atoms with Crippen LogP contribution in [0.5, 0.6) is 5.75 Å². The third-order valence-electron chi connectivity index (χ3n) is 4.04. The Bertz CT molecular complexity index is 385. The maximum absolute atomic E-state index is 9.38. The molecule has 1 nitrogen and oxygen atoms in total. The molecule has 108 valence electrons. The second-order valence-corrected chi connectivity index (χ2v) is 7.69. The zero-order valence-corrected chi connectivity index (χ0v) is 13.5. The smallest absolute Gasteiger partial charge is 0.115 e. The number of phenolic OH excluding ortho intramolecular Hbond substituents is 1. The van der Waals surface area contributed by atoms with Gasteiger partial charge in [0.2, 0.25) is 0 Å². The molecule has 0 saturated carbocycles. The van der Waals surface area contributed by atoms with Gasteiger partial charge in [-0.3, -0.25) is 0 Å². The maximum Gasteiger partial charge on any atom is 0.115 e. The normalized spacial score (nSPS) is 13.0. The Hall–Kier alpha value is -0.980. The first-order valence-electron chi connectivity index (χ1n) is 7.42. The zero-order chi connectivity index (χ0) is 14.7. The summed E-state index contributed by atoms with van der Waals surface area (Å²) in [5, 5.41) is 9.38. The second-order valence-electron chi connectivity index (χ2n) is 7.69. The van der Waals surface area contributed by atoms with Crippen LogP contribution in [0.15, 0.2) is 24.3 Å². The molecule has 0 amide bonds. The van der Waals surface area contributed by atoms with E-state index in [-0.39, 0.29) is 5.41 Å². The number of benzene rings is 1. The molecule has 1 aromatic carbocycles. The molecule has 0 saturated heterocycles. The van der Waals surface area contributed by atoms with Crippen LogP contribution >= 0.6 is 0 Å². The minimum Gasteiger partial charge on any atom is -0.508 e. The SMILES string of the molecule is CC(C)CC(C)(C)CCC(C)(C)c1ccc(O)cc1. The van der Waals surface area contributed by atoms with Crippen molar-refractivity contribution in [2.75, 3.05) is 0 Å². The van der Waals surface area contributed by atoms with Gasteiger partial charge in [-0.1, -0.05) is 53.7 Å². The van der Waals surface area contributed by atoms with Crippen LogP contribution in [0.4, 0.5) is 0 Å². The molecule has 0 atom stereocenters. The van der Waals surface area contributed by atoms with Gasteiger partial charge in [0, 0.05) is 0 Å². The van der Waals surface area contributed by atoms with Crippen LogP contribution in [0.25, 0.3) is 0 Å². The Kier molecular flexibility index (Phi) is 5.06. The number of rotatable bonds is 6. The fraction of sp³-hybridized carbons (Fsp3) is 0.667. The summed E-state index contributed by atoms with van der Waals surface area (Å²) in [4.78, 5) is 0. The Balaban J connectivity index is 2.67. The summed E-state index contributed by atoms with van der Waals surface area (Å²) in [7, 11) is 0. The summed E-state index contributed by atoms with van der Waals surface area (Å²) in [6, 6.07) is 7.67. The van der Waals surface area contributed by atoms with Crippen molar-refractivity contribution in [2.24, 2.45) is 11.3 Å². The van der Waals surface area contributed by atoms with E-state index in [1.807, 2.05) is 12.1 Å². The molecule has 19 heavy (non-hydrogen) atoms. The molecule has 0 aromatic heterocycles. The van der Waals surface area contributed by atoms with E-state index in [1.54, 1.807) is 12.1 Å². The van der Waals surface area contributed by atoms with E-state index in [0.29, 0.717) is 11.2 Å². The van der Waals surface area contributed by atoms with E-state index in [1.165, 1.54) is 24.8 Å². The van der Waals surface area contributed by atoms with Crippen molar-refractivity contribution in [3.05, 3.63) is 29.8 Å². The maximum atomic E-state index is 9.38. The first-order valence-corrected chi connectivity index (χ1v) is 7.42. The third kappa shape index (κ3) is 5.26. The first-order chi connectivity index (χ1) is 8.62. The van der Waals surface area contributed by atoms with Crippen molar-refractivity contribution < 1.29 is 5.11 Å². The van der Waals surface area contributed by atoms with Crippen LogP contribution in [-0.4, -0.2) is 5.11 Å². The van der Waals surface area contributed by atoms with Gasteiger partial charge in [0.15, 0.2) is 0 Å². The van der Waals surface area contributed by atoms with Crippen molar-refractivity contribution >= 4 is 0 Å². The van der Waals surface area contributed by atoms with Gasteiger partial charge in [0.1, 0.15) is 5.75 Å². The van der Waals surface area contributed by atoms with E-state index in [0.717, 1.165) is 5.92 Å². The number of hydrogen-bond acceptors (Lipinski definition) is 1. The molecule has 0 radical (unpaired) electrons. The van der Waals surface area contributed by atoms with E-state index in [9.17, 15) is 5.11 Å². The molecule has 0 bridgehead atoms. The Morgan fingerprint density at radius 3 is 1.95 bits per heavy atom. The molecule has 1 heteroatoms. The molecule has 1 aromatic rings. The molecular formula is C18H30O. The summed E-state index contributed by atoms with van der Waals surface area (Å²) in [6.07, 6.45) is 3.69. The molecule has 0 spiro atoms. The second kappa shape index (κ2) is 5.98. The van der Waals surface area contributed by atoms with E-state index in [2.05, 4.69) is 41.5 Å². The molecule has 0 aliphatic rings. The topological polar surface area (TPSA) is 20.2 Å². The van der Waals surface area contributed by atoms with Crippen LogP contribution in [0.1, 0.15) is 66.4 Å². The van der Waals surface area contributed by atoms with Crippen LogP contribution in [0.2, 0.25) is 0 Å². The third-order valence-corrected chi connectivity index (χ3v) is 4.04. The number of phenols is 1. The standard InChI is InChI=1S/C18H30O/c1-14(2)13-17(3,4)11-12-18(5,6)15-7-9-16(19)10-8-15/h7-10,14,19H,11-13H2,1-6H3. The van der Waals surface area contributed by atoms with Gasteiger partial charge >= 0.3 is 0 Å². The lowest BCUT2D eigenvalue weighted by Crippen LogP contribution is -2.22. The van der Waals surface area contributed by atoms with Gasteiger partial charge in [-0.15, -0.1) is 0 Å². The van der Waals surface area contributed by atoms with E-state index in [4.69, 9.17) is 0 Å². The number of hydrogen-bond donors (Lipinski definition) is 1. The molecule has 1 N–H and O–H groups in total. The Morgan fingerprint density at radius 1 is 0.947 bits per heavy atom. The van der Waals surface area contributed by atoms with Crippen molar-refractivity contribution in [1.82, 2.24) is 0 Å². The summed E-state index contributed by atoms with van der Waals surface area (Å²) in [6.45, 7) is 13.9. The highest BCUT2D eigenvalue weighted by atomic mass is 16.3. The minimum absolute atomic E-state index is 0.169. The Labute approximate surface area is 119 Å². The predicted molar refractivity (Wildman–Crippen MR) is 83.6 cm³/mol. The van der Waals surface area contributed by atoms with Crippen molar-refractivity contribution in [1.29, 1.82) is 0 Å². The highest BCUT2D eigenvalue weighted by molar-refractivity contribution is 5.30. The zero-order valence-electron chi connectivity index (χ0n) is 13.5.